The van der Waals surface area contributed by atoms with Crippen LogP contribution in [0.15, 0.2) is 21.4 Å². The van der Waals surface area contributed by atoms with Crippen LogP contribution in [0, 0.1) is 12.7 Å². The normalized spacial score (nSPS) is 10.7. The third-order valence-electron chi connectivity index (χ3n) is 2.23. The molecule has 0 fully saturated rings. The monoisotopic (exact) mass is 299 g/mol. The Balaban J connectivity index is 2.24. The summed E-state index contributed by atoms with van der Waals surface area (Å²) in [5, 5.41) is 0. The third-order valence-corrected chi connectivity index (χ3v) is 4.15. The van der Waals surface area contributed by atoms with Crippen molar-refractivity contribution < 1.29 is 9.13 Å². The minimum Gasteiger partial charge on any atom is -0.490 e. The highest BCUT2D eigenvalue weighted by Gasteiger charge is 2.12. The fourth-order valence-corrected chi connectivity index (χ4v) is 3.04. The predicted octanol–water partition coefficient (Wildman–Crippen LogP) is 3.51. The Morgan fingerprint density at radius 2 is 2.26 bits per heavy atom. The van der Waals surface area contributed by atoms with Crippen LogP contribution >= 0.6 is 23.3 Å². The molecule has 0 atom stereocenters. The SMILES string of the molecule is CCCOc1cc(Sc2nc(C)ns2)c(N)cc1F. The number of halogens is 1. The number of nitrogens with two attached hydrogens (primary N) is 1. The number of nitrogen functional groups attached to an aromatic ring is 1. The van der Waals surface area contributed by atoms with Gasteiger partial charge < -0.3 is 10.5 Å². The summed E-state index contributed by atoms with van der Waals surface area (Å²) in [6.45, 7) is 4.27. The first-order valence-corrected chi connectivity index (χ1v) is 7.39. The Hall–Kier alpha value is -1.34. The Morgan fingerprint density at radius 3 is 2.89 bits per heavy atom. The molecule has 0 aliphatic rings. The van der Waals surface area contributed by atoms with Gasteiger partial charge in [0.15, 0.2) is 15.9 Å². The summed E-state index contributed by atoms with van der Waals surface area (Å²) in [6.07, 6.45) is 0.821. The number of benzene rings is 1. The standard InChI is InChI=1S/C12H14FN3OS2/c1-3-4-17-10-6-11(9(14)5-8(10)13)18-12-15-7(2)16-19-12/h5-6H,3-4,14H2,1-2H3. The van der Waals surface area contributed by atoms with Crippen LogP contribution in [0.1, 0.15) is 19.2 Å². The van der Waals surface area contributed by atoms with Crippen molar-refractivity contribution in [1.29, 1.82) is 0 Å². The summed E-state index contributed by atoms with van der Waals surface area (Å²) in [6, 6.07) is 2.89. The van der Waals surface area contributed by atoms with Crippen LogP contribution in [-0.2, 0) is 0 Å². The van der Waals surface area contributed by atoms with Gasteiger partial charge in [-0.2, -0.15) is 4.37 Å². The Morgan fingerprint density at radius 1 is 1.47 bits per heavy atom. The highest BCUT2D eigenvalue weighted by atomic mass is 32.2. The zero-order valence-electron chi connectivity index (χ0n) is 10.6. The zero-order chi connectivity index (χ0) is 13.8. The van der Waals surface area contributed by atoms with Gasteiger partial charge in [-0.3, -0.25) is 0 Å². The molecule has 2 aromatic rings. The first-order chi connectivity index (χ1) is 9.10. The van der Waals surface area contributed by atoms with Gasteiger partial charge in [-0.15, -0.1) is 0 Å². The molecular weight excluding hydrogens is 285 g/mol. The van der Waals surface area contributed by atoms with Gasteiger partial charge in [0.1, 0.15) is 5.82 Å². The number of anilines is 1. The molecule has 0 aliphatic heterocycles. The molecule has 0 aliphatic carbocycles. The zero-order valence-corrected chi connectivity index (χ0v) is 12.3. The number of aromatic nitrogens is 2. The molecule has 1 aromatic carbocycles. The molecule has 0 unspecified atom stereocenters. The molecule has 1 heterocycles. The average molecular weight is 299 g/mol. The maximum atomic E-state index is 13.7. The van der Waals surface area contributed by atoms with Gasteiger partial charge in [-0.05, 0) is 30.9 Å². The van der Waals surface area contributed by atoms with Gasteiger partial charge in [0.25, 0.3) is 0 Å². The number of ether oxygens (including phenoxy) is 1. The number of aryl methyl sites for hydroxylation is 1. The van der Waals surface area contributed by atoms with Crippen molar-refractivity contribution >= 4 is 29.0 Å². The Labute approximate surface area is 119 Å². The molecule has 2 rings (SSSR count). The van der Waals surface area contributed by atoms with E-state index in [2.05, 4.69) is 9.36 Å². The van der Waals surface area contributed by atoms with Crippen LogP contribution in [0.2, 0.25) is 0 Å². The van der Waals surface area contributed by atoms with Crippen molar-refractivity contribution in [2.45, 2.75) is 29.5 Å². The van der Waals surface area contributed by atoms with E-state index >= 15 is 0 Å². The summed E-state index contributed by atoms with van der Waals surface area (Å²) < 4.78 is 23.9. The smallest absolute Gasteiger partial charge is 0.174 e. The second kappa shape index (κ2) is 6.21. The lowest BCUT2D eigenvalue weighted by molar-refractivity contribution is 0.300. The molecule has 7 heteroatoms. The van der Waals surface area contributed by atoms with Crippen LogP contribution in [0.4, 0.5) is 10.1 Å². The van der Waals surface area contributed by atoms with Gasteiger partial charge in [-0.1, -0.05) is 18.7 Å². The van der Waals surface area contributed by atoms with Crippen molar-refractivity contribution in [3.63, 3.8) is 0 Å². The fourth-order valence-electron chi connectivity index (χ4n) is 1.37. The molecule has 1 aromatic heterocycles. The molecule has 0 amide bonds. The van der Waals surface area contributed by atoms with E-state index in [1.165, 1.54) is 29.4 Å². The molecule has 19 heavy (non-hydrogen) atoms. The van der Waals surface area contributed by atoms with Crippen molar-refractivity contribution in [3.8, 4) is 5.75 Å². The summed E-state index contributed by atoms with van der Waals surface area (Å²) >= 11 is 2.66. The summed E-state index contributed by atoms with van der Waals surface area (Å²) in [5.41, 5.74) is 6.19. The van der Waals surface area contributed by atoms with Gasteiger partial charge in [0.05, 0.1) is 6.61 Å². The van der Waals surface area contributed by atoms with Crippen LogP contribution in [-0.4, -0.2) is 16.0 Å². The minimum absolute atomic E-state index is 0.222. The highest BCUT2D eigenvalue weighted by Crippen LogP contribution is 2.36. The van der Waals surface area contributed by atoms with E-state index in [1.807, 2.05) is 13.8 Å². The predicted molar refractivity (Wildman–Crippen MR) is 75.4 cm³/mol. The van der Waals surface area contributed by atoms with Crippen LogP contribution < -0.4 is 10.5 Å². The maximum absolute atomic E-state index is 13.7. The van der Waals surface area contributed by atoms with Crippen molar-refractivity contribution in [3.05, 3.63) is 23.8 Å². The molecule has 0 spiro atoms. The van der Waals surface area contributed by atoms with Crippen molar-refractivity contribution in [2.75, 3.05) is 12.3 Å². The molecule has 0 radical (unpaired) electrons. The fraction of sp³-hybridized carbons (Fsp3) is 0.333. The van der Waals surface area contributed by atoms with E-state index in [0.717, 1.165) is 21.5 Å². The van der Waals surface area contributed by atoms with Crippen LogP contribution in [0.5, 0.6) is 5.75 Å². The quantitative estimate of drug-likeness (QED) is 0.856. The lowest BCUT2D eigenvalue weighted by Crippen LogP contribution is -1.99. The van der Waals surface area contributed by atoms with Gasteiger partial charge in [0.2, 0.25) is 0 Å². The summed E-state index contributed by atoms with van der Waals surface area (Å²) in [7, 11) is 0. The van der Waals surface area contributed by atoms with Gasteiger partial charge >= 0.3 is 0 Å². The molecule has 0 saturated heterocycles. The van der Waals surface area contributed by atoms with Gasteiger partial charge in [-0.25, -0.2) is 9.37 Å². The lowest BCUT2D eigenvalue weighted by Gasteiger charge is -2.09. The molecule has 2 N–H and O–H groups in total. The Bertz CT molecular complexity index is 574. The van der Waals surface area contributed by atoms with E-state index in [9.17, 15) is 4.39 Å². The second-order valence-electron chi connectivity index (χ2n) is 3.88. The number of hydrogen-bond donors (Lipinski definition) is 1. The molecule has 102 valence electrons. The van der Waals surface area contributed by atoms with E-state index in [1.54, 1.807) is 6.07 Å². The van der Waals surface area contributed by atoms with Gasteiger partial charge in [0, 0.05) is 16.6 Å². The van der Waals surface area contributed by atoms with Crippen molar-refractivity contribution in [1.82, 2.24) is 9.36 Å². The van der Waals surface area contributed by atoms with E-state index in [-0.39, 0.29) is 5.75 Å². The second-order valence-corrected chi connectivity index (χ2v) is 5.92. The molecule has 0 saturated carbocycles. The number of hydrogen-bond acceptors (Lipinski definition) is 6. The van der Waals surface area contributed by atoms with E-state index in [0.29, 0.717) is 12.3 Å². The molecule has 0 bridgehead atoms. The summed E-state index contributed by atoms with van der Waals surface area (Å²) in [4.78, 5) is 4.97. The average Bonchev–Trinajstić information content (AvgIpc) is 2.77. The highest BCUT2D eigenvalue weighted by molar-refractivity contribution is 8.01. The largest absolute Gasteiger partial charge is 0.490 e. The lowest BCUT2D eigenvalue weighted by atomic mass is 10.3. The van der Waals surface area contributed by atoms with E-state index < -0.39 is 5.82 Å². The van der Waals surface area contributed by atoms with E-state index in [4.69, 9.17) is 10.5 Å². The third kappa shape index (κ3) is 3.57. The topological polar surface area (TPSA) is 61.0 Å². The summed E-state index contributed by atoms with van der Waals surface area (Å²) in [5.74, 6) is 0.499. The molecule has 4 nitrogen and oxygen atoms in total. The van der Waals surface area contributed by atoms with Crippen LogP contribution in [0.3, 0.4) is 0 Å². The van der Waals surface area contributed by atoms with Crippen molar-refractivity contribution in [2.24, 2.45) is 0 Å². The molecular formula is C12H14FN3OS2. The first kappa shape index (κ1) is 14.1. The number of nitrogens with zero attached hydrogens (tertiary/aromatic N) is 2. The Kier molecular flexibility index (Phi) is 4.60. The first-order valence-electron chi connectivity index (χ1n) is 5.80. The maximum Gasteiger partial charge on any atom is 0.174 e. The number of rotatable bonds is 5. The van der Waals surface area contributed by atoms with Crippen LogP contribution in [0.25, 0.3) is 0 Å². The minimum atomic E-state index is -0.441.